The van der Waals surface area contributed by atoms with Gasteiger partial charge in [0.2, 0.25) is 0 Å². The third-order valence-electron chi connectivity index (χ3n) is 3.89. The summed E-state index contributed by atoms with van der Waals surface area (Å²) in [6.07, 6.45) is 0.0210. The number of para-hydroxylation sites is 1. The summed E-state index contributed by atoms with van der Waals surface area (Å²) in [4.78, 5) is 14.7. The van der Waals surface area contributed by atoms with Gasteiger partial charge in [-0.15, -0.1) is 0 Å². The number of hydrogen-bond donors (Lipinski definition) is 2. The second-order valence-corrected chi connectivity index (χ2v) is 5.36. The lowest BCUT2D eigenvalue weighted by molar-refractivity contribution is -0.136. The van der Waals surface area contributed by atoms with E-state index in [-0.39, 0.29) is 6.42 Å². The molecule has 2 N–H and O–H groups in total. The molecule has 0 unspecified atom stereocenters. The normalized spacial score (nSPS) is 11.0. The van der Waals surface area contributed by atoms with E-state index in [1.165, 1.54) is 0 Å². The lowest BCUT2D eigenvalue weighted by Crippen LogP contribution is -2.01. The first-order valence-electron chi connectivity index (χ1n) is 6.96. The van der Waals surface area contributed by atoms with Crippen LogP contribution in [0.3, 0.4) is 0 Å². The molecule has 3 heteroatoms. The Balaban J connectivity index is 2.33. The summed E-state index contributed by atoms with van der Waals surface area (Å²) >= 11 is 0. The number of H-pyrrole nitrogens is 1. The van der Waals surface area contributed by atoms with Crippen LogP contribution in [0.1, 0.15) is 16.7 Å². The minimum atomic E-state index is -0.813. The first-order chi connectivity index (χ1) is 10.1. The molecule has 0 aliphatic carbocycles. The van der Waals surface area contributed by atoms with Crippen LogP contribution < -0.4 is 0 Å². The third-order valence-corrected chi connectivity index (χ3v) is 3.89. The number of aromatic nitrogens is 1. The molecule has 0 fully saturated rings. The average molecular weight is 279 g/mol. The first kappa shape index (κ1) is 13.4. The van der Waals surface area contributed by atoms with Crippen molar-refractivity contribution in [3.63, 3.8) is 0 Å². The number of carboxylic acids is 1. The predicted molar refractivity (Wildman–Crippen MR) is 84.5 cm³/mol. The van der Waals surface area contributed by atoms with Gasteiger partial charge in [0.05, 0.1) is 12.1 Å². The van der Waals surface area contributed by atoms with Crippen molar-refractivity contribution in [2.45, 2.75) is 20.3 Å². The van der Waals surface area contributed by atoms with Gasteiger partial charge in [0.25, 0.3) is 0 Å². The summed E-state index contributed by atoms with van der Waals surface area (Å²) in [6, 6.07) is 14.0. The molecule has 3 nitrogen and oxygen atoms in total. The van der Waals surface area contributed by atoms with Crippen molar-refractivity contribution in [2.24, 2.45) is 0 Å². The van der Waals surface area contributed by atoms with Crippen molar-refractivity contribution >= 4 is 16.9 Å². The zero-order valence-corrected chi connectivity index (χ0v) is 12.1. The number of fused-ring (bicyclic) bond motifs is 1. The number of aliphatic carboxylic acids is 1. The van der Waals surface area contributed by atoms with Crippen LogP contribution in [-0.2, 0) is 11.2 Å². The molecular formula is C18H17NO2. The van der Waals surface area contributed by atoms with E-state index in [9.17, 15) is 9.90 Å². The number of nitrogens with one attached hydrogen (secondary N) is 1. The van der Waals surface area contributed by atoms with Gasteiger partial charge in [-0.2, -0.15) is 0 Å². The van der Waals surface area contributed by atoms with Crippen LogP contribution in [0.5, 0.6) is 0 Å². The molecule has 0 atom stereocenters. The summed E-state index contributed by atoms with van der Waals surface area (Å²) in [5.74, 6) is -0.813. The lowest BCUT2D eigenvalue weighted by atomic mass is 9.99. The third kappa shape index (κ3) is 2.31. The molecule has 0 aliphatic heterocycles. The molecular weight excluding hydrogens is 262 g/mol. The molecule has 0 saturated carbocycles. The Morgan fingerprint density at radius 1 is 1.05 bits per heavy atom. The Morgan fingerprint density at radius 3 is 2.48 bits per heavy atom. The smallest absolute Gasteiger partial charge is 0.307 e. The molecule has 2 aromatic carbocycles. The van der Waals surface area contributed by atoms with Crippen LogP contribution in [0.4, 0.5) is 0 Å². The largest absolute Gasteiger partial charge is 0.481 e. The summed E-state index contributed by atoms with van der Waals surface area (Å²) in [5.41, 5.74) is 6.11. The highest BCUT2D eigenvalue weighted by Gasteiger charge is 2.17. The number of rotatable bonds is 3. The zero-order chi connectivity index (χ0) is 15.0. The van der Waals surface area contributed by atoms with Gasteiger partial charge in [-0.25, -0.2) is 0 Å². The Labute approximate surface area is 123 Å². The lowest BCUT2D eigenvalue weighted by Gasteiger charge is -2.06. The van der Waals surface area contributed by atoms with Gasteiger partial charge in [0, 0.05) is 16.5 Å². The summed E-state index contributed by atoms with van der Waals surface area (Å²) in [6.45, 7) is 4.07. The fourth-order valence-electron chi connectivity index (χ4n) is 2.84. The number of carboxylic acid groups (broad SMARTS) is 1. The zero-order valence-electron chi connectivity index (χ0n) is 12.1. The van der Waals surface area contributed by atoms with E-state index in [0.29, 0.717) is 0 Å². The Kier molecular flexibility index (Phi) is 3.26. The van der Waals surface area contributed by atoms with E-state index in [1.54, 1.807) is 0 Å². The van der Waals surface area contributed by atoms with Crippen molar-refractivity contribution < 1.29 is 9.90 Å². The molecule has 3 aromatic rings. The minimum Gasteiger partial charge on any atom is -0.481 e. The maximum absolute atomic E-state index is 11.2. The average Bonchev–Trinajstić information content (AvgIpc) is 2.79. The van der Waals surface area contributed by atoms with Crippen molar-refractivity contribution in [1.82, 2.24) is 4.98 Å². The minimum absolute atomic E-state index is 0.0210. The molecule has 0 amide bonds. The van der Waals surface area contributed by atoms with Crippen molar-refractivity contribution in [2.75, 3.05) is 0 Å². The quantitative estimate of drug-likeness (QED) is 0.759. The highest BCUT2D eigenvalue weighted by Crippen LogP contribution is 2.33. The highest BCUT2D eigenvalue weighted by molar-refractivity contribution is 5.95. The summed E-state index contributed by atoms with van der Waals surface area (Å²) < 4.78 is 0. The number of benzene rings is 2. The van der Waals surface area contributed by atoms with Gasteiger partial charge in [0.1, 0.15) is 0 Å². The SMILES string of the molecule is Cc1ccccc1-c1[nH]c2c(C)cccc2c1CC(=O)O. The van der Waals surface area contributed by atoms with Gasteiger partial charge in [-0.3, -0.25) is 4.79 Å². The topological polar surface area (TPSA) is 53.1 Å². The fourth-order valence-corrected chi connectivity index (χ4v) is 2.84. The summed E-state index contributed by atoms with van der Waals surface area (Å²) in [5, 5.41) is 10.2. The molecule has 0 saturated heterocycles. The predicted octanol–water partition coefficient (Wildman–Crippen LogP) is 4.08. The molecule has 3 rings (SSSR count). The van der Waals surface area contributed by atoms with Gasteiger partial charge in [-0.1, -0.05) is 42.5 Å². The molecule has 1 aromatic heterocycles. The summed E-state index contributed by atoms with van der Waals surface area (Å²) in [7, 11) is 0. The van der Waals surface area contributed by atoms with Gasteiger partial charge < -0.3 is 10.1 Å². The van der Waals surface area contributed by atoms with E-state index in [4.69, 9.17) is 0 Å². The molecule has 0 aliphatic rings. The standard InChI is InChI=1S/C18H17NO2/c1-11-6-3-4-8-13(11)18-15(10-16(20)21)14-9-5-7-12(2)17(14)19-18/h3-9,19H,10H2,1-2H3,(H,20,21). The van der Waals surface area contributed by atoms with Crippen molar-refractivity contribution in [3.05, 3.63) is 59.2 Å². The van der Waals surface area contributed by atoms with Gasteiger partial charge in [0.15, 0.2) is 0 Å². The molecule has 0 bridgehead atoms. The number of aromatic amines is 1. The fraction of sp³-hybridized carbons (Fsp3) is 0.167. The van der Waals surface area contributed by atoms with Crippen LogP contribution in [0, 0.1) is 13.8 Å². The maximum Gasteiger partial charge on any atom is 0.307 e. The Hall–Kier alpha value is -2.55. The second kappa shape index (κ2) is 5.09. The van der Waals surface area contributed by atoms with Crippen molar-refractivity contribution in [1.29, 1.82) is 0 Å². The number of aryl methyl sites for hydroxylation is 2. The molecule has 21 heavy (non-hydrogen) atoms. The van der Waals surface area contributed by atoms with Crippen molar-refractivity contribution in [3.8, 4) is 11.3 Å². The van der Waals surface area contributed by atoms with E-state index < -0.39 is 5.97 Å². The maximum atomic E-state index is 11.2. The molecule has 1 heterocycles. The number of hydrogen-bond acceptors (Lipinski definition) is 1. The van der Waals surface area contributed by atoms with Crippen LogP contribution in [0.2, 0.25) is 0 Å². The Bertz CT molecular complexity index is 830. The van der Waals surface area contributed by atoms with Gasteiger partial charge >= 0.3 is 5.97 Å². The van der Waals surface area contributed by atoms with E-state index >= 15 is 0 Å². The van der Waals surface area contributed by atoms with E-state index in [1.807, 2.05) is 56.3 Å². The molecule has 106 valence electrons. The van der Waals surface area contributed by atoms with Gasteiger partial charge in [-0.05, 0) is 30.5 Å². The van der Waals surface area contributed by atoms with E-state index in [0.717, 1.165) is 38.9 Å². The van der Waals surface area contributed by atoms with Crippen LogP contribution in [0.25, 0.3) is 22.2 Å². The van der Waals surface area contributed by atoms with E-state index in [2.05, 4.69) is 4.98 Å². The van der Waals surface area contributed by atoms with Crippen LogP contribution in [-0.4, -0.2) is 16.1 Å². The van der Waals surface area contributed by atoms with Crippen LogP contribution in [0.15, 0.2) is 42.5 Å². The monoisotopic (exact) mass is 279 g/mol. The Morgan fingerprint density at radius 2 is 1.76 bits per heavy atom. The first-order valence-corrected chi connectivity index (χ1v) is 6.96. The second-order valence-electron chi connectivity index (χ2n) is 5.36. The molecule has 0 spiro atoms. The number of carbonyl (C=O) groups is 1. The van der Waals surface area contributed by atoms with Crippen LogP contribution >= 0.6 is 0 Å². The highest BCUT2D eigenvalue weighted by atomic mass is 16.4. The molecule has 0 radical (unpaired) electrons.